The molecular weight excluding hydrogens is 857 g/mol. The van der Waals surface area contributed by atoms with Gasteiger partial charge in [0.2, 0.25) is 0 Å². The molecule has 2 nitrogen and oxygen atoms in total. The quantitative estimate of drug-likeness (QED) is 0.161. The summed E-state index contributed by atoms with van der Waals surface area (Å²) in [5, 5.41) is 7.46. The van der Waals surface area contributed by atoms with Crippen molar-refractivity contribution < 1.29 is 0 Å². The first-order valence-electron chi connectivity index (χ1n) is 24.7. The van der Waals surface area contributed by atoms with Gasteiger partial charge in [-0.15, -0.1) is 0 Å². The topological polar surface area (TPSA) is 8.17 Å². The van der Waals surface area contributed by atoms with Gasteiger partial charge < -0.3 is 9.47 Å². The third-order valence-electron chi connectivity index (χ3n) is 15.6. The molecule has 0 fully saturated rings. The summed E-state index contributed by atoms with van der Waals surface area (Å²) >= 11 is 0. The predicted molar refractivity (Wildman–Crippen MR) is 298 cm³/mol. The van der Waals surface area contributed by atoms with Crippen molar-refractivity contribution in [3.8, 4) is 50.2 Å². The fourth-order valence-corrected chi connectivity index (χ4v) is 12.6. The molecule has 330 valence electrons. The predicted octanol–water partition coefficient (Wildman–Crippen LogP) is 18.2. The van der Waals surface area contributed by atoms with E-state index in [1.54, 1.807) is 0 Å². The summed E-state index contributed by atoms with van der Waals surface area (Å²) in [4.78, 5) is 2.42. The first kappa shape index (κ1) is 39.7. The maximum atomic E-state index is 2.48. The average molecular weight is 901 g/mol. The Morgan fingerprint density at radius 3 is 1.24 bits per heavy atom. The Bertz CT molecular complexity index is 4080. The molecule has 0 bridgehead atoms. The molecule has 2 heteroatoms. The van der Waals surface area contributed by atoms with Crippen molar-refractivity contribution in [2.24, 2.45) is 0 Å². The lowest BCUT2D eigenvalue weighted by molar-refractivity contribution is 0.793. The molecule has 12 aromatic carbocycles. The number of aromatic nitrogens is 1. The third kappa shape index (κ3) is 5.77. The maximum Gasteiger partial charge on any atom is 0.0726 e. The monoisotopic (exact) mass is 900 g/mol. The molecular formula is C69H44N2. The number of hydrogen-bond acceptors (Lipinski definition) is 1. The summed E-state index contributed by atoms with van der Waals surface area (Å²) in [5.74, 6) is 0. The molecule has 1 spiro atoms. The first-order chi connectivity index (χ1) is 35.2. The van der Waals surface area contributed by atoms with Gasteiger partial charge in [0.15, 0.2) is 0 Å². The van der Waals surface area contributed by atoms with Crippen molar-refractivity contribution in [1.82, 2.24) is 4.57 Å². The van der Waals surface area contributed by atoms with Gasteiger partial charge in [0.1, 0.15) is 0 Å². The van der Waals surface area contributed by atoms with Crippen LogP contribution in [-0.4, -0.2) is 4.57 Å². The van der Waals surface area contributed by atoms with E-state index in [0.717, 1.165) is 22.7 Å². The van der Waals surface area contributed by atoms with Crippen LogP contribution in [0.5, 0.6) is 0 Å². The molecule has 15 rings (SSSR count). The second-order valence-electron chi connectivity index (χ2n) is 19.2. The Labute approximate surface area is 412 Å². The summed E-state index contributed by atoms with van der Waals surface area (Å²) in [6.07, 6.45) is 0. The molecule has 0 radical (unpaired) electrons. The normalized spacial score (nSPS) is 12.9. The van der Waals surface area contributed by atoms with Crippen molar-refractivity contribution in [1.29, 1.82) is 0 Å². The average Bonchev–Trinajstić information content (AvgIpc) is 4.05. The number of hydrogen-bond donors (Lipinski definition) is 0. The molecule has 0 aliphatic heterocycles. The molecule has 71 heavy (non-hydrogen) atoms. The summed E-state index contributed by atoms with van der Waals surface area (Å²) in [6.45, 7) is 0. The van der Waals surface area contributed by atoms with Crippen LogP contribution >= 0.6 is 0 Å². The number of fused-ring (bicyclic) bond motifs is 15. The van der Waals surface area contributed by atoms with E-state index in [-0.39, 0.29) is 0 Å². The SMILES string of the molecule is c1ccc(N(c2ccc(-n3c4ccc(-c5cccc6ccccc56)cc4c4cc(-c5cccc6ccccc56)ccc43)cc2)c2ccc3c(c2)C2(c4ccccc4-c4ccccc42)c2ccccc2-3)cc1. The molecule has 0 saturated carbocycles. The minimum atomic E-state index is -0.432. The standard InChI is InChI=1S/C69H44N2/c1-2-20-49(21-3-1)70(52-38-39-60-59-26-10-13-31-65(59)69(66(60)44-52)63-29-11-8-24-57(63)58-25-9-12-30-64(58)69)50-34-36-51(37-35-50)71-67-40-32-47(55-27-14-18-45-16-4-6-22-53(45)55)42-61(67)62-43-48(33-41-68(62)71)56-28-15-19-46-17-5-7-23-54(46)56/h1-44H. The van der Waals surface area contributed by atoms with Crippen molar-refractivity contribution in [3.63, 3.8) is 0 Å². The van der Waals surface area contributed by atoms with Gasteiger partial charge >= 0.3 is 0 Å². The highest BCUT2D eigenvalue weighted by Crippen LogP contribution is 2.63. The van der Waals surface area contributed by atoms with Crippen LogP contribution in [0.3, 0.4) is 0 Å². The van der Waals surface area contributed by atoms with Gasteiger partial charge in [-0.2, -0.15) is 0 Å². The zero-order valence-corrected chi connectivity index (χ0v) is 38.8. The summed E-state index contributed by atoms with van der Waals surface area (Å²) in [6, 6.07) is 99.1. The summed E-state index contributed by atoms with van der Waals surface area (Å²) < 4.78 is 2.45. The Morgan fingerprint density at radius 1 is 0.268 bits per heavy atom. The van der Waals surface area contributed by atoms with Gasteiger partial charge in [0, 0.05) is 33.5 Å². The van der Waals surface area contributed by atoms with E-state index in [1.807, 2.05) is 0 Å². The molecule has 0 amide bonds. The molecule has 2 aliphatic carbocycles. The second-order valence-corrected chi connectivity index (χ2v) is 19.2. The van der Waals surface area contributed by atoms with Gasteiger partial charge in [0.05, 0.1) is 16.4 Å². The van der Waals surface area contributed by atoms with E-state index in [1.165, 1.54) is 110 Å². The lowest BCUT2D eigenvalue weighted by Crippen LogP contribution is -2.26. The van der Waals surface area contributed by atoms with Crippen LogP contribution in [0, 0.1) is 0 Å². The molecule has 0 unspecified atom stereocenters. The molecule has 13 aromatic rings. The lowest BCUT2D eigenvalue weighted by atomic mass is 9.70. The van der Waals surface area contributed by atoms with Crippen LogP contribution in [0.4, 0.5) is 17.1 Å². The van der Waals surface area contributed by atoms with Crippen LogP contribution in [0.1, 0.15) is 22.3 Å². The van der Waals surface area contributed by atoms with E-state index in [2.05, 4.69) is 276 Å². The number of nitrogens with zero attached hydrogens (tertiary/aromatic N) is 2. The smallest absolute Gasteiger partial charge is 0.0726 e. The Balaban J connectivity index is 0.903. The summed E-state index contributed by atoms with van der Waals surface area (Å²) in [7, 11) is 0. The van der Waals surface area contributed by atoms with Crippen LogP contribution in [0.2, 0.25) is 0 Å². The third-order valence-corrected chi connectivity index (χ3v) is 15.6. The van der Waals surface area contributed by atoms with Gasteiger partial charge in [-0.05, 0) is 161 Å². The van der Waals surface area contributed by atoms with Crippen molar-refractivity contribution in [2.45, 2.75) is 5.41 Å². The molecule has 0 atom stereocenters. The van der Waals surface area contributed by atoms with Crippen LogP contribution < -0.4 is 4.90 Å². The largest absolute Gasteiger partial charge is 0.310 e. The zero-order chi connectivity index (χ0) is 46.6. The van der Waals surface area contributed by atoms with Crippen LogP contribution in [-0.2, 0) is 5.41 Å². The number of rotatable bonds is 6. The van der Waals surface area contributed by atoms with Gasteiger partial charge in [0.25, 0.3) is 0 Å². The van der Waals surface area contributed by atoms with E-state index in [4.69, 9.17) is 0 Å². The lowest BCUT2D eigenvalue weighted by Gasteiger charge is -2.32. The molecule has 0 saturated heterocycles. The fourth-order valence-electron chi connectivity index (χ4n) is 12.6. The minimum Gasteiger partial charge on any atom is -0.310 e. The van der Waals surface area contributed by atoms with Crippen molar-refractivity contribution in [3.05, 3.63) is 289 Å². The molecule has 1 heterocycles. The van der Waals surface area contributed by atoms with E-state index >= 15 is 0 Å². The van der Waals surface area contributed by atoms with Gasteiger partial charge in [-0.25, -0.2) is 0 Å². The highest BCUT2D eigenvalue weighted by Gasteiger charge is 2.51. The summed E-state index contributed by atoms with van der Waals surface area (Å²) in [5.41, 5.74) is 21.8. The Morgan fingerprint density at radius 2 is 0.690 bits per heavy atom. The molecule has 2 aliphatic rings. The van der Waals surface area contributed by atoms with Crippen LogP contribution in [0.25, 0.3) is 93.5 Å². The number of para-hydroxylation sites is 1. The number of anilines is 3. The maximum absolute atomic E-state index is 2.48. The Hall–Kier alpha value is -9.24. The second kappa shape index (κ2) is 15.4. The minimum absolute atomic E-state index is 0.432. The molecule has 1 aromatic heterocycles. The first-order valence-corrected chi connectivity index (χ1v) is 24.7. The van der Waals surface area contributed by atoms with E-state index < -0.39 is 5.41 Å². The molecule has 0 N–H and O–H groups in total. The fraction of sp³-hybridized carbons (Fsp3) is 0.0145. The Kier molecular flexibility index (Phi) is 8.61. The van der Waals surface area contributed by atoms with Crippen LogP contribution in [0.15, 0.2) is 267 Å². The van der Waals surface area contributed by atoms with Crippen molar-refractivity contribution >= 4 is 60.4 Å². The van der Waals surface area contributed by atoms with Gasteiger partial charge in [-0.1, -0.05) is 194 Å². The van der Waals surface area contributed by atoms with Gasteiger partial charge in [-0.3, -0.25) is 0 Å². The number of benzene rings is 12. The highest BCUT2D eigenvalue weighted by molar-refractivity contribution is 6.13. The van der Waals surface area contributed by atoms with Crippen molar-refractivity contribution in [2.75, 3.05) is 4.90 Å². The zero-order valence-electron chi connectivity index (χ0n) is 38.8. The van der Waals surface area contributed by atoms with E-state index in [0.29, 0.717) is 0 Å². The highest BCUT2D eigenvalue weighted by atomic mass is 15.1. The van der Waals surface area contributed by atoms with E-state index in [9.17, 15) is 0 Å².